The van der Waals surface area contributed by atoms with Gasteiger partial charge in [0.15, 0.2) is 5.65 Å². The third-order valence-electron chi connectivity index (χ3n) is 5.47. The summed E-state index contributed by atoms with van der Waals surface area (Å²) in [6.07, 6.45) is 5.24. The Morgan fingerprint density at radius 1 is 1.17 bits per heavy atom. The van der Waals surface area contributed by atoms with Gasteiger partial charge in [-0.15, -0.1) is 0 Å². The van der Waals surface area contributed by atoms with Gasteiger partial charge in [-0.2, -0.15) is 0 Å². The van der Waals surface area contributed by atoms with Gasteiger partial charge < -0.3 is 10.2 Å². The van der Waals surface area contributed by atoms with Crippen LogP contribution in [-0.4, -0.2) is 47.5 Å². The average Bonchev–Trinajstić information content (AvgIpc) is 3.15. The van der Waals surface area contributed by atoms with Gasteiger partial charge in [0.1, 0.15) is 12.1 Å². The first-order chi connectivity index (χ1) is 13.9. The minimum Gasteiger partial charge on any atom is -0.349 e. The Balaban J connectivity index is 1.81. The fourth-order valence-electron chi connectivity index (χ4n) is 4.05. The minimum absolute atomic E-state index is 0.232. The maximum atomic E-state index is 13.2. The van der Waals surface area contributed by atoms with Crippen LogP contribution in [0, 0.1) is 6.92 Å². The maximum absolute atomic E-state index is 13.2. The van der Waals surface area contributed by atoms with Crippen LogP contribution in [0.4, 0.5) is 5.82 Å². The monoisotopic (exact) mass is 413 g/mol. The quantitative estimate of drug-likeness (QED) is 0.693. The number of hydrogen-bond acceptors (Lipinski definition) is 6. The molecule has 1 saturated heterocycles. The zero-order valence-corrected chi connectivity index (χ0v) is 17.9. The molecule has 154 valence electrons. The van der Waals surface area contributed by atoms with Crippen LogP contribution in [0.15, 0.2) is 47.8 Å². The summed E-state index contributed by atoms with van der Waals surface area (Å²) in [5.41, 5.74) is 1.42. The van der Waals surface area contributed by atoms with Gasteiger partial charge in [-0.3, -0.25) is 0 Å². The van der Waals surface area contributed by atoms with E-state index in [0.29, 0.717) is 11.7 Å². The lowest BCUT2D eigenvalue weighted by molar-refractivity contribution is 0.413. The first-order valence-corrected chi connectivity index (χ1v) is 11.5. The third kappa shape index (κ3) is 3.62. The predicted molar refractivity (Wildman–Crippen MR) is 115 cm³/mol. The van der Waals surface area contributed by atoms with Gasteiger partial charge in [-0.25, -0.2) is 22.4 Å². The Hall–Kier alpha value is -2.45. The number of hydrogen-bond donors (Lipinski definition) is 1. The molecule has 0 bridgehead atoms. The highest BCUT2D eigenvalue weighted by Gasteiger charge is 2.28. The van der Waals surface area contributed by atoms with Crippen molar-refractivity contribution in [2.24, 2.45) is 0 Å². The van der Waals surface area contributed by atoms with E-state index in [1.807, 2.05) is 13.0 Å². The molecule has 3 aromatic rings. The lowest BCUT2D eigenvalue weighted by Crippen LogP contribution is -2.49. The van der Waals surface area contributed by atoms with Crippen LogP contribution in [0.1, 0.15) is 32.3 Å². The molecule has 29 heavy (non-hydrogen) atoms. The molecule has 2 aromatic heterocycles. The third-order valence-corrected chi connectivity index (χ3v) is 7.15. The summed E-state index contributed by atoms with van der Waals surface area (Å²) in [4.78, 5) is 11.4. The van der Waals surface area contributed by atoms with Crippen molar-refractivity contribution in [1.82, 2.24) is 19.3 Å². The molecule has 0 saturated carbocycles. The zero-order chi connectivity index (χ0) is 20.6. The van der Waals surface area contributed by atoms with Crippen LogP contribution < -0.4 is 10.2 Å². The fraction of sp³-hybridized carbons (Fsp3) is 0.429. The van der Waals surface area contributed by atoms with Crippen molar-refractivity contribution in [3.63, 3.8) is 0 Å². The molecule has 8 heteroatoms. The Bertz CT molecular complexity index is 1100. The van der Waals surface area contributed by atoms with E-state index < -0.39 is 10.0 Å². The number of nitrogens with one attached hydrogen (secondary N) is 1. The molecule has 3 heterocycles. The molecule has 0 amide bonds. The predicted octanol–water partition coefficient (Wildman–Crippen LogP) is 2.94. The van der Waals surface area contributed by atoms with Gasteiger partial charge in [0.2, 0.25) is 0 Å². The Morgan fingerprint density at radius 2 is 1.93 bits per heavy atom. The topological polar surface area (TPSA) is 80.1 Å². The molecular weight excluding hydrogens is 386 g/mol. The second-order valence-electron chi connectivity index (χ2n) is 7.87. The summed E-state index contributed by atoms with van der Waals surface area (Å²) in [5, 5.41) is 4.21. The number of aryl methyl sites for hydroxylation is 1. The average molecular weight is 414 g/mol. The Morgan fingerprint density at radius 3 is 2.59 bits per heavy atom. The van der Waals surface area contributed by atoms with Gasteiger partial charge in [0, 0.05) is 24.8 Å². The van der Waals surface area contributed by atoms with Crippen molar-refractivity contribution in [2.75, 3.05) is 18.0 Å². The molecular formula is C21H27N5O2S. The molecule has 1 aliphatic rings. The van der Waals surface area contributed by atoms with Crippen molar-refractivity contribution in [2.45, 2.75) is 50.6 Å². The standard InChI is InChI=1S/C21H27N5O2S/c1-15(2)26(17-5-4-11-22-13-17)21-19-10-12-25(20(19)23-14-24-21)29(27,28)18-8-6-16(3)7-9-18/h6-10,12,14-15,17,22H,4-5,11,13H2,1-3H3/t17-/m0/s1. The lowest BCUT2D eigenvalue weighted by atomic mass is 10.0. The first-order valence-electron chi connectivity index (χ1n) is 10.0. The van der Waals surface area contributed by atoms with Crippen molar-refractivity contribution in [3.8, 4) is 0 Å². The number of benzene rings is 1. The van der Waals surface area contributed by atoms with E-state index in [0.717, 1.165) is 42.7 Å². The van der Waals surface area contributed by atoms with Crippen LogP contribution >= 0.6 is 0 Å². The van der Waals surface area contributed by atoms with Gasteiger partial charge in [-0.05, 0) is 58.4 Å². The summed E-state index contributed by atoms with van der Waals surface area (Å²) in [5.74, 6) is 0.788. The summed E-state index contributed by atoms with van der Waals surface area (Å²) in [6.45, 7) is 8.14. The number of nitrogens with zero attached hydrogens (tertiary/aromatic N) is 4. The van der Waals surface area contributed by atoms with Crippen LogP contribution in [0.3, 0.4) is 0 Å². The van der Waals surface area contributed by atoms with Crippen LogP contribution in [0.2, 0.25) is 0 Å². The highest BCUT2D eigenvalue weighted by Crippen LogP contribution is 2.30. The van der Waals surface area contributed by atoms with Crippen LogP contribution in [0.25, 0.3) is 11.0 Å². The molecule has 4 rings (SSSR count). The van der Waals surface area contributed by atoms with Crippen molar-refractivity contribution in [3.05, 3.63) is 48.4 Å². The van der Waals surface area contributed by atoms with E-state index in [1.165, 1.54) is 10.3 Å². The molecule has 1 aliphatic heterocycles. The number of fused-ring (bicyclic) bond motifs is 1. The van der Waals surface area contributed by atoms with Crippen LogP contribution in [0.5, 0.6) is 0 Å². The summed E-state index contributed by atoms with van der Waals surface area (Å²) in [7, 11) is -3.73. The SMILES string of the molecule is Cc1ccc(S(=O)(=O)n2ccc3c(N(C(C)C)[C@H]4CCCNC4)ncnc32)cc1. The number of rotatable bonds is 5. The summed E-state index contributed by atoms with van der Waals surface area (Å²) < 4.78 is 27.7. The number of anilines is 1. The normalized spacial score (nSPS) is 17.7. The highest BCUT2D eigenvalue weighted by molar-refractivity contribution is 7.90. The van der Waals surface area contributed by atoms with E-state index in [1.54, 1.807) is 30.5 Å². The second-order valence-corrected chi connectivity index (χ2v) is 9.68. The lowest BCUT2D eigenvalue weighted by Gasteiger charge is -2.38. The molecule has 0 aliphatic carbocycles. The van der Waals surface area contributed by atoms with E-state index in [-0.39, 0.29) is 10.9 Å². The van der Waals surface area contributed by atoms with E-state index >= 15 is 0 Å². The Kier molecular flexibility index (Phi) is 5.31. The van der Waals surface area contributed by atoms with E-state index in [2.05, 4.69) is 34.0 Å². The van der Waals surface area contributed by atoms with Crippen molar-refractivity contribution < 1.29 is 8.42 Å². The first kappa shape index (κ1) is 19.8. The zero-order valence-electron chi connectivity index (χ0n) is 17.0. The van der Waals surface area contributed by atoms with Crippen molar-refractivity contribution >= 4 is 26.9 Å². The smallest absolute Gasteiger partial charge is 0.269 e. The molecule has 1 aromatic carbocycles. The fourth-order valence-corrected chi connectivity index (χ4v) is 5.35. The maximum Gasteiger partial charge on any atom is 0.269 e. The van der Waals surface area contributed by atoms with Gasteiger partial charge in [-0.1, -0.05) is 17.7 Å². The number of piperidine rings is 1. The van der Waals surface area contributed by atoms with E-state index in [9.17, 15) is 8.42 Å². The van der Waals surface area contributed by atoms with E-state index in [4.69, 9.17) is 0 Å². The summed E-state index contributed by atoms with van der Waals surface area (Å²) >= 11 is 0. The summed E-state index contributed by atoms with van der Waals surface area (Å²) in [6, 6.07) is 9.22. The molecule has 7 nitrogen and oxygen atoms in total. The van der Waals surface area contributed by atoms with Crippen molar-refractivity contribution in [1.29, 1.82) is 0 Å². The Labute approximate surface area is 171 Å². The molecule has 1 N–H and O–H groups in total. The molecule has 0 unspecified atom stereocenters. The minimum atomic E-state index is -3.73. The molecule has 0 spiro atoms. The van der Waals surface area contributed by atoms with Gasteiger partial charge in [0.25, 0.3) is 10.0 Å². The second kappa shape index (κ2) is 7.76. The highest BCUT2D eigenvalue weighted by atomic mass is 32.2. The number of aromatic nitrogens is 3. The molecule has 1 fully saturated rings. The molecule has 1 atom stereocenters. The van der Waals surface area contributed by atoms with Crippen LogP contribution in [-0.2, 0) is 10.0 Å². The van der Waals surface area contributed by atoms with Gasteiger partial charge >= 0.3 is 0 Å². The molecule has 0 radical (unpaired) electrons. The largest absolute Gasteiger partial charge is 0.349 e. The van der Waals surface area contributed by atoms with Gasteiger partial charge in [0.05, 0.1) is 10.3 Å².